The van der Waals surface area contributed by atoms with Crippen LogP contribution in [-0.4, -0.2) is 47.2 Å². The van der Waals surface area contributed by atoms with Crippen LogP contribution in [0.1, 0.15) is 91.4 Å². The first-order valence-electron chi connectivity index (χ1n) is 14.0. The summed E-state index contributed by atoms with van der Waals surface area (Å²) < 4.78 is 0. The lowest BCUT2D eigenvalue weighted by Gasteiger charge is -2.64. The summed E-state index contributed by atoms with van der Waals surface area (Å²) in [7, 11) is 0. The van der Waals surface area contributed by atoms with Gasteiger partial charge in [0.1, 0.15) is 0 Å². The molecule has 0 saturated heterocycles. The van der Waals surface area contributed by atoms with Gasteiger partial charge in [-0.05, 0) is 111 Å². The normalized spacial score (nSPS) is 46.8. The van der Waals surface area contributed by atoms with Crippen LogP contribution >= 0.6 is 0 Å². The lowest BCUT2D eigenvalue weighted by Crippen LogP contribution is -2.62. The Balaban J connectivity index is 1.41. The van der Waals surface area contributed by atoms with Crippen molar-refractivity contribution in [3.63, 3.8) is 0 Å². The van der Waals surface area contributed by atoms with Crippen molar-refractivity contribution in [3.8, 4) is 0 Å². The van der Waals surface area contributed by atoms with Gasteiger partial charge in [-0.1, -0.05) is 26.8 Å². The SMILES string of the molecule is CCC(/C=N/NC1=NCCCN1)=C\C1C[C@H](O)C[C@H]2CC[C@@H]3[C@H](CC[C@]4(C)CCC[C@]34O)[C@@]12C. The minimum absolute atomic E-state index is 0.0969. The van der Waals surface area contributed by atoms with Crippen LogP contribution in [0.2, 0.25) is 0 Å². The molecule has 0 aromatic heterocycles. The van der Waals surface area contributed by atoms with Crippen LogP contribution in [0.5, 0.6) is 0 Å². The fraction of sp³-hybridized carbons (Fsp3) is 0.857. The Morgan fingerprint density at radius 3 is 2.76 bits per heavy atom. The van der Waals surface area contributed by atoms with Gasteiger partial charge < -0.3 is 15.5 Å². The van der Waals surface area contributed by atoms with E-state index in [4.69, 9.17) is 0 Å². The number of allylic oxidation sites excluding steroid dienone is 2. The molecule has 34 heavy (non-hydrogen) atoms. The maximum Gasteiger partial charge on any atom is 0.212 e. The molecule has 0 aromatic carbocycles. The second kappa shape index (κ2) is 9.24. The third kappa shape index (κ3) is 3.93. The van der Waals surface area contributed by atoms with Gasteiger partial charge in [0.25, 0.3) is 0 Å². The zero-order valence-corrected chi connectivity index (χ0v) is 21.5. The molecular weight excluding hydrogens is 424 g/mol. The molecule has 6 heteroatoms. The van der Waals surface area contributed by atoms with Gasteiger partial charge in [-0.2, -0.15) is 5.10 Å². The Labute approximate surface area is 205 Å². The molecule has 6 nitrogen and oxygen atoms in total. The number of aliphatic imine (C=N–C) groups is 1. The van der Waals surface area contributed by atoms with E-state index in [1.165, 1.54) is 24.8 Å². The highest BCUT2D eigenvalue weighted by Gasteiger charge is 2.65. The zero-order chi connectivity index (χ0) is 24.0. The number of fused-ring (bicyclic) bond motifs is 5. The van der Waals surface area contributed by atoms with E-state index in [2.05, 4.69) is 47.7 Å². The van der Waals surface area contributed by atoms with E-state index in [-0.39, 0.29) is 16.9 Å². The number of hydrogen-bond donors (Lipinski definition) is 4. The average molecular weight is 471 g/mol. The van der Waals surface area contributed by atoms with Crippen molar-refractivity contribution in [2.45, 2.75) is 103 Å². The Kier molecular flexibility index (Phi) is 6.60. The standard InChI is InChI=1S/C28H46N4O2/c1-4-19(18-31-32-25-29-13-6-14-30-25)15-21-17-22(33)16-20-7-8-24-23(27(20,21)3)9-12-26(2)10-5-11-28(24,26)34/h15,18,20-24,33-34H,4-14,16-17H2,1-3H3,(H2,29,30,32)/b19-15+,31-18+/t20-,21?,22-,23+,24-,26+,27-,28+/m1/s1. The van der Waals surface area contributed by atoms with Crippen LogP contribution < -0.4 is 10.7 Å². The highest BCUT2D eigenvalue weighted by atomic mass is 16.3. The maximum atomic E-state index is 12.1. The van der Waals surface area contributed by atoms with Crippen molar-refractivity contribution in [1.82, 2.24) is 10.7 Å². The van der Waals surface area contributed by atoms with Crippen molar-refractivity contribution in [3.05, 3.63) is 11.6 Å². The third-order valence-electron chi connectivity index (χ3n) is 10.9. The summed E-state index contributed by atoms with van der Waals surface area (Å²) in [5.74, 6) is 2.53. The van der Waals surface area contributed by atoms with E-state index in [9.17, 15) is 10.2 Å². The largest absolute Gasteiger partial charge is 0.393 e. The van der Waals surface area contributed by atoms with Gasteiger partial charge in [-0.25, -0.2) is 5.43 Å². The summed E-state index contributed by atoms with van der Waals surface area (Å²) in [5.41, 5.74) is 4.00. The van der Waals surface area contributed by atoms with Crippen molar-refractivity contribution in [2.75, 3.05) is 13.1 Å². The number of guanidine groups is 1. The second-order valence-electron chi connectivity index (χ2n) is 12.4. The van der Waals surface area contributed by atoms with Crippen molar-refractivity contribution < 1.29 is 10.2 Å². The van der Waals surface area contributed by atoms with Crippen LogP contribution in [0.3, 0.4) is 0 Å². The number of aliphatic hydroxyl groups excluding tert-OH is 1. The van der Waals surface area contributed by atoms with Crippen LogP contribution in [0.15, 0.2) is 21.7 Å². The predicted molar refractivity (Wildman–Crippen MR) is 138 cm³/mol. The van der Waals surface area contributed by atoms with E-state index >= 15 is 0 Å². The molecule has 190 valence electrons. The molecule has 0 radical (unpaired) electrons. The van der Waals surface area contributed by atoms with Gasteiger partial charge in [-0.3, -0.25) is 4.99 Å². The Bertz CT molecular complexity index is 855. The fourth-order valence-corrected chi connectivity index (χ4v) is 8.89. The molecule has 4 saturated carbocycles. The first-order valence-corrected chi connectivity index (χ1v) is 14.0. The number of nitrogens with zero attached hydrogens (tertiary/aromatic N) is 2. The average Bonchev–Trinajstić information content (AvgIpc) is 3.15. The van der Waals surface area contributed by atoms with Crippen molar-refractivity contribution in [1.29, 1.82) is 0 Å². The van der Waals surface area contributed by atoms with E-state index in [0.717, 1.165) is 70.4 Å². The first kappa shape index (κ1) is 24.3. The minimum Gasteiger partial charge on any atom is -0.393 e. The van der Waals surface area contributed by atoms with Gasteiger partial charge in [0, 0.05) is 13.1 Å². The smallest absolute Gasteiger partial charge is 0.212 e. The fourth-order valence-electron chi connectivity index (χ4n) is 8.89. The van der Waals surface area contributed by atoms with Crippen LogP contribution in [0, 0.1) is 34.5 Å². The van der Waals surface area contributed by atoms with Crippen molar-refractivity contribution in [2.24, 2.45) is 44.6 Å². The zero-order valence-electron chi connectivity index (χ0n) is 21.5. The van der Waals surface area contributed by atoms with E-state index in [1.54, 1.807) is 0 Å². The van der Waals surface area contributed by atoms with Gasteiger partial charge in [-0.15, -0.1) is 0 Å². The molecule has 5 rings (SSSR count). The molecule has 0 amide bonds. The summed E-state index contributed by atoms with van der Waals surface area (Å²) in [4.78, 5) is 4.43. The highest BCUT2D eigenvalue weighted by Crippen LogP contribution is 2.68. The third-order valence-corrected chi connectivity index (χ3v) is 10.9. The second-order valence-corrected chi connectivity index (χ2v) is 12.4. The van der Waals surface area contributed by atoms with Gasteiger partial charge >= 0.3 is 0 Å². The molecule has 0 bridgehead atoms. The van der Waals surface area contributed by atoms with Crippen LogP contribution in [-0.2, 0) is 0 Å². The lowest BCUT2D eigenvalue weighted by molar-refractivity contribution is -0.211. The van der Waals surface area contributed by atoms with Gasteiger partial charge in [0.05, 0.1) is 17.9 Å². The minimum atomic E-state index is -0.499. The molecule has 4 N–H and O–H groups in total. The molecule has 4 aliphatic carbocycles. The van der Waals surface area contributed by atoms with Crippen LogP contribution in [0.25, 0.3) is 0 Å². The quantitative estimate of drug-likeness (QED) is 0.363. The number of aliphatic hydroxyl groups is 2. The number of hydrazone groups is 1. The Hall–Kier alpha value is -1.40. The summed E-state index contributed by atoms with van der Waals surface area (Å²) in [6, 6.07) is 0. The van der Waals surface area contributed by atoms with Gasteiger partial charge in [0.15, 0.2) is 0 Å². The molecule has 1 aliphatic heterocycles. The summed E-state index contributed by atoms with van der Waals surface area (Å²) in [5, 5.41) is 30.6. The number of nitrogens with one attached hydrogen (secondary N) is 2. The molecule has 0 aromatic rings. The lowest BCUT2D eigenvalue weighted by atomic mass is 9.41. The van der Waals surface area contributed by atoms with E-state index in [1.807, 2.05) is 6.21 Å². The molecule has 0 spiro atoms. The van der Waals surface area contributed by atoms with E-state index < -0.39 is 5.60 Å². The predicted octanol–water partition coefficient (Wildman–Crippen LogP) is 4.38. The van der Waals surface area contributed by atoms with Crippen molar-refractivity contribution >= 4 is 12.2 Å². The monoisotopic (exact) mass is 470 g/mol. The Morgan fingerprint density at radius 2 is 2.00 bits per heavy atom. The highest BCUT2D eigenvalue weighted by molar-refractivity contribution is 5.83. The summed E-state index contributed by atoms with van der Waals surface area (Å²) >= 11 is 0. The van der Waals surface area contributed by atoms with Crippen LogP contribution in [0.4, 0.5) is 0 Å². The molecule has 8 atom stereocenters. The molecule has 1 unspecified atom stereocenters. The molecule has 1 heterocycles. The topological polar surface area (TPSA) is 89.2 Å². The molecular formula is C28H46N4O2. The number of hydrogen-bond acceptors (Lipinski definition) is 6. The van der Waals surface area contributed by atoms with Gasteiger partial charge in [0.2, 0.25) is 5.96 Å². The first-order chi connectivity index (χ1) is 16.3. The summed E-state index contributed by atoms with van der Waals surface area (Å²) in [6.07, 6.45) is 15.8. The maximum absolute atomic E-state index is 12.1. The summed E-state index contributed by atoms with van der Waals surface area (Å²) in [6.45, 7) is 8.83. The van der Waals surface area contributed by atoms with E-state index in [0.29, 0.717) is 23.7 Å². The molecule has 4 fully saturated rings. The number of rotatable bonds is 4. The Morgan fingerprint density at radius 1 is 1.15 bits per heavy atom. The molecule has 5 aliphatic rings.